The van der Waals surface area contributed by atoms with Gasteiger partial charge in [-0.05, 0) is 39.0 Å². The van der Waals surface area contributed by atoms with E-state index in [-0.39, 0.29) is 5.97 Å². The Morgan fingerprint density at radius 3 is 2.55 bits per heavy atom. The first-order valence-corrected chi connectivity index (χ1v) is 6.79. The molecule has 108 valence electrons. The molecule has 0 spiro atoms. The van der Waals surface area contributed by atoms with Gasteiger partial charge in [-0.1, -0.05) is 19.9 Å². The summed E-state index contributed by atoms with van der Waals surface area (Å²) in [4.78, 5) is 16.2. The molecule has 0 bridgehead atoms. The van der Waals surface area contributed by atoms with Crippen molar-refractivity contribution in [2.24, 2.45) is 0 Å². The zero-order valence-corrected chi connectivity index (χ0v) is 12.7. The van der Waals surface area contributed by atoms with E-state index < -0.39 is 0 Å². The van der Waals surface area contributed by atoms with E-state index in [9.17, 15) is 4.79 Å². The van der Waals surface area contributed by atoms with Crippen molar-refractivity contribution in [3.05, 3.63) is 41.3 Å². The van der Waals surface area contributed by atoms with Gasteiger partial charge < -0.3 is 4.74 Å². The molecule has 2 aromatic heterocycles. The lowest BCUT2D eigenvalue weighted by Crippen LogP contribution is -2.13. The number of esters is 1. The van der Waals surface area contributed by atoms with Crippen molar-refractivity contribution in [2.75, 3.05) is 6.61 Å². The van der Waals surface area contributed by atoms with Crippen molar-refractivity contribution in [1.82, 2.24) is 14.8 Å². The zero-order valence-electron chi connectivity index (χ0n) is 12.7. The Morgan fingerprint density at radius 2 is 1.95 bits per heavy atom. The molecule has 0 N–H and O–H groups in total. The Hall–Kier alpha value is -2.17. The number of pyridine rings is 1. The molecule has 0 radical (unpaired) electrons. The van der Waals surface area contributed by atoms with Crippen LogP contribution in [0.25, 0.3) is 5.82 Å². The predicted octanol–water partition coefficient (Wildman–Crippen LogP) is 3.09. The number of aromatic nitrogens is 3. The van der Waals surface area contributed by atoms with Gasteiger partial charge >= 0.3 is 5.97 Å². The summed E-state index contributed by atoms with van der Waals surface area (Å²) < 4.78 is 6.52. The van der Waals surface area contributed by atoms with Gasteiger partial charge in [0.25, 0.3) is 0 Å². The van der Waals surface area contributed by atoms with Crippen LogP contribution in [0.1, 0.15) is 42.6 Å². The minimum atomic E-state index is -0.388. The molecule has 0 aliphatic carbocycles. The van der Waals surface area contributed by atoms with Gasteiger partial charge in [-0.15, -0.1) is 0 Å². The van der Waals surface area contributed by atoms with Crippen molar-refractivity contribution in [3.63, 3.8) is 0 Å². The Morgan fingerprint density at radius 1 is 1.25 bits per heavy atom. The largest absolute Gasteiger partial charge is 0.461 e. The Labute approximate surface area is 119 Å². The van der Waals surface area contributed by atoms with Crippen molar-refractivity contribution in [1.29, 1.82) is 0 Å². The second kappa shape index (κ2) is 7.43. The third-order valence-corrected chi connectivity index (χ3v) is 2.41. The van der Waals surface area contributed by atoms with E-state index in [1.54, 1.807) is 13.0 Å². The molecule has 2 aromatic rings. The van der Waals surface area contributed by atoms with Crippen molar-refractivity contribution >= 4 is 5.97 Å². The van der Waals surface area contributed by atoms with Crippen LogP contribution in [0.3, 0.4) is 0 Å². The molecular formula is C15H21N3O2. The van der Waals surface area contributed by atoms with Crippen molar-refractivity contribution < 1.29 is 9.53 Å². The normalized spacial score (nSPS) is 9.65. The van der Waals surface area contributed by atoms with E-state index >= 15 is 0 Å². The molecule has 0 unspecified atom stereocenters. The fourth-order valence-corrected chi connectivity index (χ4v) is 1.67. The van der Waals surface area contributed by atoms with Crippen LogP contribution in [-0.4, -0.2) is 27.3 Å². The van der Waals surface area contributed by atoms with Crippen LogP contribution in [0.4, 0.5) is 0 Å². The summed E-state index contributed by atoms with van der Waals surface area (Å²) in [6.07, 6.45) is 0. The Bertz CT molecular complexity index is 576. The van der Waals surface area contributed by atoms with Gasteiger partial charge in [0.1, 0.15) is 0 Å². The SMILES string of the molecule is CC.CCOC(=O)c1cc(C)nn1-c1cccc(C)n1. The highest BCUT2D eigenvalue weighted by Gasteiger charge is 2.16. The number of hydrogen-bond acceptors (Lipinski definition) is 4. The number of aryl methyl sites for hydroxylation is 2. The number of rotatable bonds is 3. The number of carbonyl (C=O) groups is 1. The van der Waals surface area contributed by atoms with E-state index in [2.05, 4.69) is 10.1 Å². The molecule has 0 atom stereocenters. The van der Waals surface area contributed by atoms with E-state index in [1.807, 2.05) is 45.9 Å². The summed E-state index contributed by atoms with van der Waals surface area (Å²) in [6.45, 7) is 9.83. The molecule has 0 amide bonds. The second-order valence-corrected chi connectivity index (χ2v) is 3.94. The number of ether oxygens (including phenoxy) is 1. The monoisotopic (exact) mass is 275 g/mol. The van der Waals surface area contributed by atoms with Gasteiger partial charge in [0.05, 0.1) is 12.3 Å². The molecule has 2 rings (SSSR count). The number of nitrogens with zero attached hydrogens (tertiary/aromatic N) is 3. The van der Waals surface area contributed by atoms with Crippen molar-refractivity contribution in [3.8, 4) is 5.82 Å². The van der Waals surface area contributed by atoms with Crippen LogP contribution in [0, 0.1) is 13.8 Å². The second-order valence-electron chi connectivity index (χ2n) is 3.94. The van der Waals surface area contributed by atoms with E-state index in [0.29, 0.717) is 18.1 Å². The molecule has 5 heteroatoms. The quantitative estimate of drug-likeness (QED) is 0.808. The summed E-state index contributed by atoms with van der Waals surface area (Å²) in [5.74, 6) is 0.229. The van der Waals surface area contributed by atoms with Crippen LogP contribution in [-0.2, 0) is 4.74 Å². The minimum absolute atomic E-state index is 0.338. The third kappa shape index (κ3) is 3.66. The van der Waals surface area contributed by atoms with Crippen LogP contribution < -0.4 is 0 Å². The maximum Gasteiger partial charge on any atom is 0.357 e. The molecule has 0 aliphatic heterocycles. The molecule has 20 heavy (non-hydrogen) atoms. The lowest BCUT2D eigenvalue weighted by molar-refractivity contribution is 0.0515. The summed E-state index contributed by atoms with van der Waals surface area (Å²) in [7, 11) is 0. The highest BCUT2D eigenvalue weighted by atomic mass is 16.5. The molecule has 2 heterocycles. The first-order valence-electron chi connectivity index (χ1n) is 6.79. The molecule has 0 aliphatic rings. The Kier molecular flexibility index (Phi) is 5.90. The zero-order chi connectivity index (χ0) is 15.1. The van der Waals surface area contributed by atoms with Crippen LogP contribution in [0.5, 0.6) is 0 Å². The molecule has 5 nitrogen and oxygen atoms in total. The number of hydrogen-bond donors (Lipinski definition) is 0. The van der Waals surface area contributed by atoms with Gasteiger partial charge in [0.15, 0.2) is 11.5 Å². The van der Waals surface area contributed by atoms with Gasteiger partial charge in [0.2, 0.25) is 0 Å². The lowest BCUT2D eigenvalue weighted by atomic mass is 10.3. The van der Waals surface area contributed by atoms with Gasteiger partial charge in [0, 0.05) is 5.69 Å². The molecule has 0 saturated heterocycles. The smallest absolute Gasteiger partial charge is 0.357 e. The first-order chi connectivity index (χ1) is 9.61. The van der Waals surface area contributed by atoms with Gasteiger partial charge in [-0.2, -0.15) is 5.10 Å². The lowest BCUT2D eigenvalue weighted by Gasteiger charge is -2.06. The van der Waals surface area contributed by atoms with Gasteiger partial charge in [-0.25, -0.2) is 14.5 Å². The average Bonchev–Trinajstić information content (AvgIpc) is 2.83. The average molecular weight is 275 g/mol. The third-order valence-electron chi connectivity index (χ3n) is 2.41. The van der Waals surface area contributed by atoms with Crippen LogP contribution >= 0.6 is 0 Å². The fraction of sp³-hybridized carbons (Fsp3) is 0.400. The Balaban J connectivity index is 0.000000956. The van der Waals surface area contributed by atoms with Gasteiger partial charge in [-0.3, -0.25) is 0 Å². The standard InChI is InChI=1S/C13H15N3O2.C2H6/c1-4-18-13(17)11-8-10(3)15-16(11)12-7-5-6-9(2)14-12;1-2/h5-8H,4H2,1-3H3;1-2H3. The topological polar surface area (TPSA) is 57.0 Å². The highest BCUT2D eigenvalue weighted by molar-refractivity contribution is 5.88. The molecule has 0 aromatic carbocycles. The van der Waals surface area contributed by atoms with Crippen LogP contribution in [0.2, 0.25) is 0 Å². The number of carbonyl (C=O) groups excluding carboxylic acids is 1. The van der Waals surface area contributed by atoms with E-state index in [4.69, 9.17) is 4.74 Å². The van der Waals surface area contributed by atoms with Crippen molar-refractivity contribution in [2.45, 2.75) is 34.6 Å². The molecule has 0 saturated carbocycles. The molecular weight excluding hydrogens is 254 g/mol. The van der Waals surface area contributed by atoms with E-state index in [1.165, 1.54) is 4.68 Å². The summed E-state index contributed by atoms with van der Waals surface area (Å²) in [5, 5.41) is 4.28. The first kappa shape index (κ1) is 15.9. The van der Waals surface area contributed by atoms with E-state index in [0.717, 1.165) is 11.4 Å². The summed E-state index contributed by atoms with van der Waals surface area (Å²) >= 11 is 0. The maximum atomic E-state index is 11.8. The maximum absolute atomic E-state index is 11.8. The fourth-order valence-electron chi connectivity index (χ4n) is 1.67. The highest BCUT2D eigenvalue weighted by Crippen LogP contribution is 2.12. The summed E-state index contributed by atoms with van der Waals surface area (Å²) in [5.41, 5.74) is 2.02. The summed E-state index contributed by atoms with van der Waals surface area (Å²) in [6, 6.07) is 7.28. The minimum Gasteiger partial charge on any atom is -0.461 e. The predicted molar refractivity (Wildman–Crippen MR) is 78.1 cm³/mol. The molecule has 0 fully saturated rings. The van der Waals surface area contributed by atoms with Crippen LogP contribution in [0.15, 0.2) is 24.3 Å².